The molecule has 1 aromatic carbocycles. The van der Waals surface area contributed by atoms with E-state index < -0.39 is 0 Å². The monoisotopic (exact) mass is 454 g/mol. The number of ether oxygens (including phenoxy) is 2. The maximum absolute atomic E-state index is 12.8. The summed E-state index contributed by atoms with van der Waals surface area (Å²) in [4.78, 5) is 25.7. The van der Waals surface area contributed by atoms with Gasteiger partial charge in [-0.05, 0) is 25.5 Å². The molecule has 2 aromatic rings. The molecule has 33 heavy (non-hydrogen) atoms. The summed E-state index contributed by atoms with van der Waals surface area (Å²) in [6.07, 6.45) is 10.8. The molecule has 0 spiro atoms. The lowest BCUT2D eigenvalue weighted by atomic mass is 10.1. The average Bonchev–Trinajstić information content (AvgIpc) is 2.84. The Labute approximate surface area is 198 Å². The molecule has 0 saturated carbocycles. The largest absolute Gasteiger partial charge is 0.493 e. The lowest BCUT2D eigenvalue weighted by Gasteiger charge is -2.40. The number of carbonyl (C=O) groups is 1. The van der Waals surface area contributed by atoms with Crippen LogP contribution >= 0.6 is 0 Å². The standard InChI is InChI=1S/C26H38N4O3/c1-4-5-6-7-8-9-10-15-26(31)30-17-16-29(19-21(30)2)24-18-25(28-20-27-24)33-23-14-12-11-13-22(23)32-3/h11-14,18,20-21H,4-10,15-17,19H2,1-3H3/t21-/m1/s1. The van der Waals surface area contributed by atoms with Gasteiger partial charge in [-0.2, -0.15) is 0 Å². The van der Waals surface area contributed by atoms with Gasteiger partial charge in [0, 0.05) is 38.2 Å². The molecule has 0 radical (unpaired) electrons. The molecule has 0 bridgehead atoms. The summed E-state index contributed by atoms with van der Waals surface area (Å²) in [5, 5.41) is 0. The summed E-state index contributed by atoms with van der Waals surface area (Å²) in [7, 11) is 1.61. The summed E-state index contributed by atoms with van der Waals surface area (Å²) in [6, 6.07) is 9.47. The van der Waals surface area contributed by atoms with Crippen LogP contribution in [0.2, 0.25) is 0 Å². The predicted octanol–water partition coefficient (Wildman–Crippen LogP) is 5.46. The highest BCUT2D eigenvalue weighted by atomic mass is 16.5. The summed E-state index contributed by atoms with van der Waals surface area (Å²) in [5.74, 6) is 2.81. The van der Waals surface area contributed by atoms with E-state index in [1.807, 2.05) is 35.2 Å². The van der Waals surface area contributed by atoms with Crippen LogP contribution in [0.25, 0.3) is 0 Å². The molecule has 1 aliphatic heterocycles. The molecule has 0 unspecified atom stereocenters. The number of methoxy groups -OCH3 is 1. The molecular weight excluding hydrogens is 416 g/mol. The maximum Gasteiger partial charge on any atom is 0.224 e. The van der Waals surface area contributed by atoms with Crippen LogP contribution in [0.5, 0.6) is 17.4 Å². The number of para-hydroxylation sites is 2. The predicted molar refractivity (Wildman–Crippen MR) is 131 cm³/mol. The molecule has 180 valence electrons. The van der Waals surface area contributed by atoms with Crippen molar-refractivity contribution in [3.8, 4) is 17.4 Å². The number of anilines is 1. The number of hydrogen-bond donors (Lipinski definition) is 0. The zero-order chi connectivity index (χ0) is 23.5. The number of hydrogen-bond acceptors (Lipinski definition) is 6. The van der Waals surface area contributed by atoms with Crippen LogP contribution in [0.1, 0.15) is 65.2 Å². The number of nitrogens with zero attached hydrogens (tertiary/aromatic N) is 4. The molecular formula is C26H38N4O3. The fourth-order valence-electron chi connectivity index (χ4n) is 4.29. The molecule has 1 aromatic heterocycles. The lowest BCUT2D eigenvalue weighted by Crippen LogP contribution is -2.54. The van der Waals surface area contributed by atoms with Gasteiger partial charge in [0.25, 0.3) is 0 Å². The first kappa shape index (κ1) is 24.8. The molecule has 1 atom stereocenters. The summed E-state index contributed by atoms with van der Waals surface area (Å²) in [5.41, 5.74) is 0. The lowest BCUT2D eigenvalue weighted by molar-refractivity contribution is -0.133. The maximum atomic E-state index is 12.8. The van der Waals surface area contributed by atoms with Crippen molar-refractivity contribution >= 4 is 11.7 Å². The zero-order valence-corrected chi connectivity index (χ0v) is 20.3. The Kier molecular flexibility index (Phi) is 9.78. The number of unbranched alkanes of at least 4 members (excludes halogenated alkanes) is 6. The third-order valence-electron chi connectivity index (χ3n) is 6.18. The topological polar surface area (TPSA) is 67.8 Å². The van der Waals surface area contributed by atoms with Crippen molar-refractivity contribution in [3.63, 3.8) is 0 Å². The highest BCUT2D eigenvalue weighted by Gasteiger charge is 2.28. The van der Waals surface area contributed by atoms with Crippen LogP contribution in [0.15, 0.2) is 36.7 Å². The first-order valence-corrected chi connectivity index (χ1v) is 12.3. The van der Waals surface area contributed by atoms with Crippen molar-refractivity contribution in [2.45, 2.75) is 71.3 Å². The number of benzene rings is 1. The minimum absolute atomic E-state index is 0.143. The van der Waals surface area contributed by atoms with E-state index in [2.05, 4.69) is 28.7 Å². The van der Waals surface area contributed by atoms with Crippen LogP contribution in [0.4, 0.5) is 5.82 Å². The molecule has 3 rings (SSSR count). The van der Waals surface area contributed by atoms with Crippen molar-refractivity contribution in [1.29, 1.82) is 0 Å². The van der Waals surface area contributed by atoms with E-state index in [1.165, 1.54) is 38.4 Å². The van der Waals surface area contributed by atoms with Crippen molar-refractivity contribution in [1.82, 2.24) is 14.9 Å². The van der Waals surface area contributed by atoms with Crippen LogP contribution in [0, 0.1) is 0 Å². The van der Waals surface area contributed by atoms with Gasteiger partial charge in [0.1, 0.15) is 12.1 Å². The van der Waals surface area contributed by atoms with Gasteiger partial charge in [-0.3, -0.25) is 4.79 Å². The molecule has 7 nitrogen and oxygen atoms in total. The van der Waals surface area contributed by atoms with E-state index in [4.69, 9.17) is 9.47 Å². The van der Waals surface area contributed by atoms with E-state index in [9.17, 15) is 4.79 Å². The van der Waals surface area contributed by atoms with Crippen LogP contribution in [-0.4, -0.2) is 53.6 Å². The Balaban J connectivity index is 1.49. The molecule has 1 aliphatic rings. The van der Waals surface area contributed by atoms with Crippen molar-refractivity contribution < 1.29 is 14.3 Å². The normalized spacial score (nSPS) is 16.0. The Morgan fingerprint density at radius 2 is 1.76 bits per heavy atom. The quantitative estimate of drug-likeness (QED) is 0.397. The average molecular weight is 455 g/mol. The number of piperazine rings is 1. The third kappa shape index (κ3) is 7.34. The minimum Gasteiger partial charge on any atom is -0.493 e. The molecule has 0 N–H and O–H groups in total. The van der Waals surface area contributed by atoms with Crippen LogP contribution < -0.4 is 14.4 Å². The second-order valence-corrected chi connectivity index (χ2v) is 8.72. The number of rotatable bonds is 12. The summed E-state index contributed by atoms with van der Waals surface area (Å²) < 4.78 is 11.3. The zero-order valence-electron chi connectivity index (χ0n) is 20.3. The van der Waals surface area contributed by atoms with E-state index >= 15 is 0 Å². The van der Waals surface area contributed by atoms with Gasteiger partial charge < -0.3 is 19.3 Å². The Morgan fingerprint density at radius 1 is 1.03 bits per heavy atom. The Hall–Kier alpha value is -2.83. The van der Waals surface area contributed by atoms with Gasteiger partial charge in [-0.1, -0.05) is 57.6 Å². The Morgan fingerprint density at radius 3 is 2.48 bits per heavy atom. The number of amides is 1. The molecule has 0 aliphatic carbocycles. The molecule has 1 amide bonds. The Bertz CT molecular complexity index is 876. The van der Waals surface area contributed by atoms with E-state index in [0.29, 0.717) is 30.3 Å². The molecule has 2 heterocycles. The van der Waals surface area contributed by atoms with Crippen molar-refractivity contribution in [2.75, 3.05) is 31.6 Å². The van der Waals surface area contributed by atoms with Crippen LogP contribution in [0.3, 0.4) is 0 Å². The van der Waals surface area contributed by atoms with Gasteiger partial charge in [0.2, 0.25) is 11.8 Å². The van der Waals surface area contributed by atoms with Gasteiger partial charge in [0.15, 0.2) is 11.5 Å². The fraction of sp³-hybridized carbons (Fsp3) is 0.577. The third-order valence-corrected chi connectivity index (χ3v) is 6.18. The first-order valence-electron chi connectivity index (χ1n) is 12.3. The SMILES string of the molecule is CCCCCCCCCC(=O)N1CCN(c2cc(Oc3ccccc3OC)ncn2)C[C@H]1C. The van der Waals surface area contributed by atoms with Crippen molar-refractivity contribution in [3.05, 3.63) is 36.7 Å². The fourth-order valence-corrected chi connectivity index (χ4v) is 4.29. The minimum atomic E-state index is 0.143. The van der Waals surface area contributed by atoms with Gasteiger partial charge in [-0.15, -0.1) is 0 Å². The smallest absolute Gasteiger partial charge is 0.224 e. The van der Waals surface area contributed by atoms with Crippen molar-refractivity contribution in [2.24, 2.45) is 0 Å². The van der Waals surface area contributed by atoms with Gasteiger partial charge >= 0.3 is 0 Å². The highest BCUT2D eigenvalue weighted by Crippen LogP contribution is 2.31. The second-order valence-electron chi connectivity index (χ2n) is 8.72. The molecule has 7 heteroatoms. The first-order chi connectivity index (χ1) is 16.1. The summed E-state index contributed by atoms with van der Waals surface area (Å²) >= 11 is 0. The van der Waals surface area contributed by atoms with E-state index in [-0.39, 0.29) is 11.9 Å². The second kappa shape index (κ2) is 13.0. The van der Waals surface area contributed by atoms with Gasteiger partial charge in [0.05, 0.1) is 7.11 Å². The number of aromatic nitrogens is 2. The highest BCUT2D eigenvalue weighted by molar-refractivity contribution is 5.76. The number of carbonyl (C=O) groups excluding carboxylic acids is 1. The van der Waals surface area contributed by atoms with Gasteiger partial charge in [-0.25, -0.2) is 9.97 Å². The summed E-state index contributed by atoms with van der Waals surface area (Å²) in [6.45, 7) is 6.55. The van der Waals surface area contributed by atoms with Crippen LogP contribution in [-0.2, 0) is 4.79 Å². The molecule has 1 saturated heterocycles. The molecule has 1 fully saturated rings. The van der Waals surface area contributed by atoms with E-state index in [1.54, 1.807) is 7.11 Å². The van der Waals surface area contributed by atoms with E-state index in [0.717, 1.165) is 31.7 Å².